The van der Waals surface area contributed by atoms with E-state index in [0.29, 0.717) is 16.6 Å². The van der Waals surface area contributed by atoms with Gasteiger partial charge in [-0.05, 0) is 59.1 Å². The third-order valence-electron chi connectivity index (χ3n) is 2.71. The highest BCUT2D eigenvalue weighted by Gasteiger charge is 2.04. The number of halogens is 1. The Morgan fingerprint density at radius 1 is 0.905 bits per heavy atom. The summed E-state index contributed by atoms with van der Waals surface area (Å²) in [7, 11) is 3.22. The molecule has 0 aromatic heterocycles. The van der Waals surface area contributed by atoms with E-state index < -0.39 is 0 Å². The number of methoxy groups -OCH3 is 2. The lowest BCUT2D eigenvalue weighted by atomic mass is 10.3. The minimum absolute atomic E-state index is 0.506. The van der Waals surface area contributed by atoms with Gasteiger partial charge in [-0.25, -0.2) is 0 Å². The second kappa shape index (κ2) is 7.46. The Labute approximate surface area is 143 Å². The molecule has 0 amide bonds. The van der Waals surface area contributed by atoms with Gasteiger partial charge in [-0.3, -0.25) is 0 Å². The van der Waals surface area contributed by atoms with Gasteiger partial charge in [-0.2, -0.15) is 0 Å². The van der Waals surface area contributed by atoms with Gasteiger partial charge in [-0.1, -0.05) is 0 Å². The lowest BCUT2D eigenvalue weighted by Gasteiger charge is -2.13. The van der Waals surface area contributed by atoms with E-state index in [2.05, 4.69) is 33.2 Å². The monoisotopic (exact) mass is 414 g/mol. The molecule has 6 heteroatoms. The fourth-order valence-electron chi connectivity index (χ4n) is 1.71. The van der Waals surface area contributed by atoms with Crippen molar-refractivity contribution in [3.8, 4) is 11.5 Å². The molecular weight excluding hydrogens is 399 g/mol. The van der Waals surface area contributed by atoms with Crippen LogP contribution in [0.5, 0.6) is 11.5 Å². The van der Waals surface area contributed by atoms with Crippen LogP contribution < -0.4 is 20.1 Å². The van der Waals surface area contributed by atoms with Crippen LogP contribution in [0, 0.1) is 3.57 Å². The first-order chi connectivity index (χ1) is 10.1. The lowest BCUT2D eigenvalue weighted by molar-refractivity contribution is 0.395. The highest BCUT2D eigenvalue weighted by atomic mass is 127. The number of hydrogen-bond acceptors (Lipinski definition) is 3. The number of benzene rings is 2. The minimum Gasteiger partial charge on any atom is -0.497 e. The van der Waals surface area contributed by atoms with Gasteiger partial charge in [0, 0.05) is 33.1 Å². The molecule has 0 heterocycles. The van der Waals surface area contributed by atoms with Crippen molar-refractivity contribution in [3.05, 3.63) is 46.0 Å². The summed E-state index contributed by atoms with van der Waals surface area (Å²) < 4.78 is 11.6. The number of ether oxygens (including phenoxy) is 2. The van der Waals surface area contributed by atoms with Crippen molar-refractivity contribution in [1.82, 2.24) is 0 Å². The van der Waals surface area contributed by atoms with Gasteiger partial charge >= 0.3 is 0 Å². The molecule has 0 aliphatic heterocycles. The molecular formula is C15H15IN2O2S. The zero-order chi connectivity index (χ0) is 15.2. The van der Waals surface area contributed by atoms with Crippen LogP contribution in [0.15, 0.2) is 42.5 Å². The van der Waals surface area contributed by atoms with Crippen molar-refractivity contribution in [2.45, 2.75) is 0 Å². The first-order valence-corrected chi connectivity index (χ1v) is 7.66. The average Bonchev–Trinajstić information content (AvgIpc) is 2.49. The summed E-state index contributed by atoms with van der Waals surface area (Å²) in [5, 5.41) is 6.75. The summed E-state index contributed by atoms with van der Waals surface area (Å²) in [6.45, 7) is 0. The summed E-state index contributed by atoms with van der Waals surface area (Å²) in [6, 6.07) is 13.5. The summed E-state index contributed by atoms with van der Waals surface area (Å²) in [4.78, 5) is 0. The van der Waals surface area contributed by atoms with Gasteiger partial charge in [0.25, 0.3) is 0 Å². The molecule has 2 N–H and O–H groups in total. The summed E-state index contributed by atoms with van der Waals surface area (Å²) in [5.41, 5.74) is 1.73. The van der Waals surface area contributed by atoms with Crippen LogP contribution in [0.2, 0.25) is 0 Å². The normalized spacial score (nSPS) is 9.86. The molecule has 0 fully saturated rings. The summed E-state index contributed by atoms with van der Waals surface area (Å²) in [6.07, 6.45) is 0. The Balaban J connectivity index is 2.06. The molecule has 4 nitrogen and oxygen atoms in total. The molecule has 0 saturated heterocycles. The number of nitrogens with one attached hydrogen (secondary N) is 2. The standard InChI is InChI=1S/C15H15IN2O2S/c1-19-13-7-12(8-14(9-13)20-2)18-15(21)17-11-5-3-10(16)4-6-11/h3-9H,1-2H3,(H2,17,18,21). The van der Waals surface area contributed by atoms with Crippen molar-refractivity contribution in [2.75, 3.05) is 24.9 Å². The first-order valence-electron chi connectivity index (χ1n) is 6.17. The zero-order valence-electron chi connectivity index (χ0n) is 11.6. The topological polar surface area (TPSA) is 42.5 Å². The Hall–Kier alpha value is -1.54. The molecule has 0 bridgehead atoms. The smallest absolute Gasteiger partial charge is 0.175 e. The van der Waals surface area contributed by atoms with Crippen LogP contribution in [0.1, 0.15) is 0 Å². The molecule has 2 aromatic carbocycles. The number of anilines is 2. The van der Waals surface area contributed by atoms with Crippen LogP contribution >= 0.6 is 34.8 Å². The van der Waals surface area contributed by atoms with Crippen LogP contribution in [0.25, 0.3) is 0 Å². The van der Waals surface area contributed by atoms with Gasteiger partial charge in [-0.15, -0.1) is 0 Å². The van der Waals surface area contributed by atoms with Crippen LogP contribution in [-0.2, 0) is 0 Å². The summed E-state index contributed by atoms with van der Waals surface area (Å²) >= 11 is 7.56. The van der Waals surface area contributed by atoms with Crippen molar-refractivity contribution >= 4 is 51.3 Å². The summed E-state index contributed by atoms with van der Waals surface area (Å²) in [5.74, 6) is 1.41. The fraction of sp³-hybridized carbons (Fsp3) is 0.133. The maximum absolute atomic E-state index is 5.30. The van der Waals surface area contributed by atoms with Gasteiger partial charge < -0.3 is 20.1 Å². The molecule has 0 radical (unpaired) electrons. The molecule has 2 rings (SSSR count). The minimum atomic E-state index is 0.506. The van der Waals surface area contributed by atoms with Gasteiger partial charge in [0.1, 0.15) is 11.5 Å². The van der Waals surface area contributed by atoms with Crippen molar-refractivity contribution in [3.63, 3.8) is 0 Å². The highest BCUT2D eigenvalue weighted by molar-refractivity contribution is 14.1. The molecule has 0 aliphatic rings. The largest absolute Gasteiger partial charge is 0.497 e. The van der Waals surface area contributed by atoms with Gasteiger partial charge in [0.15, 0.2) is 5.11 Å². The third kappa shape index (κ3) is 4.75. The average molecular weight is 414 g/mol. The molecule has 0 spiro atoms. The van der Waals surface area contributed by atoms with Gasteiger partial charge in [0.05, 0.1) is 14.2 Å². The van der Waals surface area contributed by atoms with Crippen LogP contribution in [-0.4, -0.2) is 19.3 Å². The van der Waals surface area contributed by atoms with E-state index >= 15 is 0 Å². The quantitative estimate of drug-likeness (QED) is 0.582. The second-order valence-electron chi connectivity index (χ2n) is 4.19. The highest BCUT2D eigenvalue weighted by Crippen LogP contribution is 2.25. The number of thiocarbonyl (C=S) groups is 1. The molecule has 2 aromatic rings. The van der Waals surface area contributed by atoms with E-state index in [-0.39, 0.29) is 0 Å². The Morgan fingerprint density at radius 2 is 1.43 bits per heavy atom. The lowest BCUT2D eigenvalue weighted by Crippen LogP contribution is -2.19. The van der Waals surface area contributed by atoms with Crippen molar-refractivity contribution in [2.24, 2.45) is 0 Å². The Bertz CT molecular complexity index is 610. The number of hydrogen-bond donors (Lipinski definition) is 2. The van der Waals surface area contributed by atoms with E-state index in [9.17, 15) is 0 Å². The number of rotatable bonds is 4. The van der Waals surface area contributed by atoms with E-state index in [1.807, 2.05) is 36.4 Å². The molecule has 0 saturated carbocycles. The zero-order valence-corrected chi connectivity index (χ0v) is 14.6. The second-order valence-corrected chi connectivity index (χ2v) is 5.84. The van der Waals surface area contributed by atoms with Gasteiger partial charge in [0.2, 0.25) is 0 Å². The molecule has 0 aliphatic carbocycles. The predicted octanol–water partition coefficient (Wildman–Crippen LogP) is 4.12. The SMILES string of the molecule is COc1cc(NC(=S)Nc2ccc(I)cc2)cc(OC)c1. The first kappa shape index (κ1) is 15.8. The maximum Gasteiger partial charge on any atom is 0.175 e. The van der Waals surface area contributed by atoms with E-state index in [1.54, 1.807) is 20.3 Å². The van der Waals surface area contributed by atoms with Crippen LogP contribution in [0.4, 0.5) is 11.4 Å². The molecule has 110 valence electrons. The van der Waals surface area contributed by atoms with E-state index in [0.717, 1.165) is 11.4 Å². The predicted molar refractivity (Wildman–Crippen MR) is 98.5 cm³/mol. The molecule has 21 heavy (non-hydrogen) atoms. The third-order valence-corrected chi connectivity index (χ3v) is 3.63. The molecule has 0 atom stereocenters. The van der Waals surface area contributed by atoms with Crippen LogP contribution in [0.3, 0.4) is 0 Å². The Morgan fingerprint density at radius 3 is 1.95 bits per heavy atom. The maximum atomic E-state index is 5.30. The van der Waals surface area contributed by atoms with Crippen molar-refractivity contribution < 1.29 is 9.47 Å². The van der Waals surface area contributed by atoms with E-state index in [1.165, 1.54) is 3.57 Å². The van der Waals surface area contributed by atoms with E-state index in [4.69, 9.17) is 21.7 Å². The van der Waals surface area contributed by atoms with Crippen molar-refractivity contribution in [1.29, 1.82) is 0 Å². The fourth-order valence-corrected chi connectivity index (χ4v) is 2.30. The Kier molecular flexibility index (Phi) is 5.63. The molecule has 0 unspecified atom stereocenters.